The molecular formula is C10H12N4O. The molecule has 2 aromatic rings. The van der Waals surface area contributed by atoms with Crippen molar-refractivity contribution in [3.63, 3.8) is 0 Å². The van der Waals surface area contributed by atoms with E-state index in [1.165, 1.54) is 0 Å². The first kappa shape index (κ1) is 9.51. The normalized spacial score (nSPS) is 10.2. The Labute approximate surface area is 87.3 Å². The van der Waals surface area contributed by atoms with Crippen molar-refractivity contribution in [3.05, 3.63) is 35.9 Å². The number of nitrogens with two attached hydrogens (primary N) is 1. The van der Waals surface area contributed by atoms with Crippen LogP contribution in [0.4, 0.5) is 5.69 Å². The number of anilines is 1. The Balaban J connectivity index is 1.99. The number of nitrogens with one attached hydrogen (secondary N) is 1. The van der Waals surface area contributed by atoms with E-state index in [1.807, 2.05) is 25.1 Å². The van der Waals surface area contributed by atoms with E-state index < -0.39 is 0 Å². The van der Waals surface area contributed by atoms with Crippen molar-refractivity contribution in [2.24, 2.45) is 0 Å². The van der Waals surface area contributed by atoms with Gasteiger partial charge in [0, 0.05) is 11.8 Å². The Bertz CT molecular complexity index is 452. The van der Waals surface area contributed by atoms with E-state index in [0.717, 1.165) is 11.6 Å². The molecule has 0 radical (unpaired) electrons. The number of hydrogen-bond donors (Lipinski definition) is 2. The van der Waals surface area contributed by atoms with Gasteiger partial charge < -0.3 is 10.5 Å². The van der Waals surface area contributed by atoms with Gasteiger partial charge in [0.2, 0.25) is 0 Å². The van der Waals surface area contributed by atoms with Gasteiger partial charge in [0.05, 0.1) is 0 Å². The largest absolute Gasteiger partial charge is 0.485 e. The fraction of sp³-hybridized carbons (Fsp3) is 0.200. The van der Waals surface area contributed by atoms with Gasteiger partial charge in [-0.15, -0.1) is 0 Å². The molecular weight excluding hydrogens is 192 g/mol. The standard InChI is InChI=1S/C10H12N4O/c1-7-12-10(14-13-7)6-15-9-4-2-3-8(11)5-9/h2-5H,6,11H2,1H3,(H,12,13,14). The van der Waals surface area contributed by atoms with E-state index in [1.54, 1.807) is 6.07 Å². The monoisotopic (exact) mass is 204 g/mol. The Hall–Kier alpha value is -2.04. The molecule has 1 heterocycles. The molecule has 0 fully saturated rings. The SMILES string of the molecule is Cc1nc(COc2cccc(N)c2)n[nH]1. The zero-order valence-electron chi connectivity index (χ0n) is 8.40. The van der Waals surface area contributed by atoms with Gasteiger partial charge in [-0.05, 0) is 19.1 Å². The lowest BCUT2D eigenvalue weighted by Crippen LogP contribution is -1.98. The van der Waals surface area contributed by atoms with Crippen molar-refractivity contribution in [2.75, 3.05) is 5.73 Å². The van der Waals surface area contributed by atoms with Gasteiger partial charge in [0.15, 0.2) is 5.82 Å². The lowest BCUT2D eigenvalue weighted by atomic mass is 10.3. The lowest BCUT2D eigenvalue weighted by Gasteiger charge is -2.03. The molecule has 5 nitrogen and oxygen atoms in total. The summed E-state index contributed by atoms with van der Waals surface area (Å²) in [5.41, 5.74) is 6.29. The molecule has 0 atom stereocenters. The number of benzene rings is 1. The maximum absolute atomic E-state index is 5.61. The number of H-pyrrole nitrogens is 1. The first-order valence-electron chi connectivity index (χ1n) is 4.60. The van der Waals surface area contributed by atoms with Crippen LogP contribution < -0.4 is 10.5 Å². The van der Waals surface area contributed by atoms with Gasteiger partial charge in [0.1, 0.15) is 18.2 Å². The molecule has 15 heavy (non-hydrogen) atoms. The number of nitrogens with zero attached hydrogens (tertiary/aromatic N) is 2. The molecule has 0 spiro atoms. The Morgan fingerprint density at radius 3 is 3.00 bits per heavy atom. The Morgan fingerprint density at radius 2 is 2.33 bits per heavy atom. The van der Waals surface area contributed by atoms with E-state index in [4.69, 9.17) is 10.5 Å². The second kappa shape index (κ2) is 4.00. The highest BCUT2D eigenvalue weighted by Crippen LogP contribution is 2.15. The van der Waals surface area contributed by atoms with Crippen LogP contribution in [-0.4, -0.2) is 15.2 Å². The molecule has 0 saturated heterocycles. The molecule has 0 aliphatic rings. The summed E-state index contributed by atoms with van der Waals surface area (Å²) in [6.45, 7) is 2.19. The second-order valence-electron chi connectivity index (χ2n) is 3.20. The summed E-state index contributed by atoms with van der Waals surface area (Å²) in [6.07, 6.45) is 0. The van der Waals surface area contributed by atoms with Gasteiger partial charge in [-0.2, -0.15) is 5.10 Å². The van der Waals surface area contributed by atoms with E-state index in [0.29, 0.717) is 18.1 Å². The van der Waals surface area contributed by atoms with Gasteiger partial charge in [-0.25, -0.2) is 4.98 Å². The van der Waals surface area contributed by atoms with Crippen LogP contribution in [0.25, 0.3) is 0 Å². The minimum Gasteiger partial charge on any atom is -0.485 e. The minimum atomic E-state index is 0.341. The highest BCUT2D eigenvalue weighted by Gasteiger charge is 2.00. The predicted molar refractivity (Wildman–Crippen MR) is 56.3 cm³/mol. The average Bonchev–Trinajstić information content (AvgIpc) is 2.62. The molecule has 2 rings (SSSR count). The molecule has 0 unspecified atom stereocenters. The quantitative estimate of drug-likeness (QED) is 0.738. The summed E-state index contributed by atoms with van der Waals surface area (Å²) < 4.78 is 5.46. The van der Waals surface area contributed by atoms with Crippen LogP contribution in [0.5, 0.6) is 5.75 Å². The minimum absolute atomic E-state index is 0.341. The van der Waals surface area contributed by atoms with Crippen LogP contribution in [-0.2, 0) is 6.61 Å². The van der Waals surface area contributed by atoms with E-state index in [2.05, 4.69) is 15.2 Å². The second-order valence-corrected chi connectivity index (χ2v) is 3.20. The van der Waals surface area contributed by atoms with Crippen molar-refractivity contribution < 1.29 is 4.74 Å². The number of aryl methyl sites for hydroxylation is 1. The summed E-state index contributed by atoms with van der Waals surface area (Å²) in [5.74, 6) is 2.13. The van der Waals surface area contributed by atoms with Gasteiger partial charge in [-0.3, -0.25) is 5.10 Å². The van der Waals surface area contributed by atoms with Crippen molar-refractivity contribution in [1.82, 2.24) is 15.2 Å². The van der Waals surface area contributed by atoms with Crippen LogP contribution >= 0.6 is 0 Å². The summed E-state index contributed by atoms with van der Waals surface area (Å²) in [4.78, 5) is 4.13. The molecule has 5 heteroatoms. The van der Waals surface area contributed by atoms with Crippen LogP contribution in [0.15, 0.2) is 24.3 Å². The van der Waals surface area contributed by atoms with Crippen molar-refractivity contribution >= 4 is 5.69 Å². The predicted octanol–water partition coefficient (Wildman–Crippen LogP) is 1.27. The number of ether oxygens (including phenoxy) is 1. The average molecular weight is 204 g/mol. The molecule has 1 aromatic carbocycles. The van der Waals surface area contributed by atoms with E-state index >= 15 is 0 Å². The molecule has 3 N–H and O–H groups in total. The Morgan fingerprint density at radius 1 is 1.47 bits per heavy atom. The maximum Gasteiger partial charge on any atom is 0.188 e. The van der Waals surface area contributed by atoms with Crippen molar-refractivity contribution in [3.8, 4) is 5.75 Å². The van der Waals surface area contributed by atoms with Crippen LogP contribution in [0.3, 0.4) is 0 Å². The smallest absolute Gasteiger partial charge is 0.188 e. The van der Waals surface area contributed by atoms with Crippen LogP contribution in [0, 0.1) is 6.92 Å². The molecule has 1 aromatic heterocycles. The highest BCUT2D eigenvalue weighted by atomic mass is 16.5. The first-order chi connectivity index (χ1) is 7.24. The Kier molecular flexibility index (Phi) is 2.53. The zero-order valence-corrected chi connectivity index (χ0v) is 8.40. The van der Waals surface area contributed by atoms with E-state index in [-0.39, 0.29) is 0 Å². The van der Waals surface area contributed by atoms with Crippen LogP contribution in [0.1, 0.15) is 11.6 Å². The van der Waals surface area contributed by atoms with Gasteiger partial charge in [-0.1, -0.05) is 6.07 Å². The number of nitrogen functional groups attached to an aromatic ring is 1. The molecule has 0 aliphatic carbocycles. The summed E-state index contributed by atoms with van der Waals surface area (Å²) in [7, 11) is 0. The molecule has 0 bridgehead atoms. The van der Waals surface area contributed by atoms with Crippen molar-refractivity contribution in [1.29, 1.82) is 0 Å². The molecule has 0 aliphatic heterocycles. The molecule has 78 valence electrons. The fourth-order valence-electron chi connectivity index (χ4n) is 1.21. The number of aromatic amines is 1. The van der Waals surface area contributed by atoms with Crippen LogP contribution in [0.2, 0.25) is 0 Å². The summed E-state index contributed by atoms with van der Waals surface area (Å²) in [5, 5.41) is 6.71. The first-order valence-corrected chi connectivity index (χ1v) is 4.60. The maximum atomic E-state index is 5.61. The number of hydrogen-bond acceptors (Lipinski definition) is 4. The third-order valence-electron chi connectivity index (χ3n) is 1.87. The number of aromatic nitrogens is 3. The number of rotatable bonds is 3. The summed E-state index contributed by atoms with van der Waals surface area (Å²) >= 11 is 0. The van der Waals surface area contributed by atoms with Crippen molar-refractivity contribution in [2.45, 2.75) is 13.5 Å². The molecule has 0 amide bonds. The highest BCUT2D eigenvalue weighted by molar-refractivity contribution is 5.43. The third kappa shape index (κ3) is 2.46. The fourth-order valence-corrected chi connectivity index (χ4v) is 1.21. The van der Waals surface area contributed by atoms with E-state index in [9.17, 15) is 0 Å². The van der Waals surface area contributed by atoms with Gasteiger partial charge >= 0.3 is 0 Å². The lowest BCUT2D eigenvalue weighted by molar-refractivity contribution is 0.296. The third-order valence-corrected chi connectivity index (χ3v) is 1.87. The summed E-state index contributed by atoms with van der Waals surface area (Å²) in [6, 6.07) is 7.26. The molecule has 0 saturated carbocycles. The zero-order chi connectivity index (χ0) is 10.7. The van der Waals surface area contributed by atoms with Gasteiger partial charge in [0.25, 0.3) is 0 Å². The topological polar surface area (TPSA) is 76.8 Å².